The Morgan fingerprint density at radius 2 is 1.67 bits per heavy atom. The lowest BCUT2D eigenvalue weighted by Gasteiger charge is -2.43. The molecule has 120 valence electrons. The first-order valence-electron chi connectivity index (χ1n) is 8.16. The number of carbonyl (C=O) groups is 2. The number of carboxylic acids is 1. The van der Waals surface area contributed by atoms with E-state index in [4.69, 9.17) is 5.11 Å². The van der Waals surface area contributed by atoms with Gasteiger partial charge in [0, 0.05) is 32.1 Å². The molecule has 5 heteroatoms. The first-order valence-corrected chi connectivity index (χ1v) is 8.16. The van der Waals surface area contributed by atoms with E-state index in [1.54, 1.807) is 11.8 Å². The van der Waals surface area contributed by atoms with Gasteiger partial charge in [-0.2, -0.15) is 0 Å². The Labute approximate surface area is 127 Å². The molecule has 2 fully saturated rings. The minimum absolute atomic E-state index is 0.105. The van der Waals surface area contributed by atoms with E-state index in [9.17, 15) is 9.59 Å². The Morgan fingerprint density at radius 3 is 2.24 bits per heavy atom. The normalized spacial score (nSPS) is 25.4. The topological polar surface area (TPSA) is 60.9 Å². The van der Waals surface area contributed by atoms with Gasteiger partial charge < -0.3 is 14.9 Å². The molecule has 0 radical (unpaired) electrons. The molecule has 2 saturated heterocycles. The van der Waals surface area contributed by atoms with Crippen LogP contribution in [-0.4, -0.2) is 53.1 Å². The van der Waals surface area contributed by atoms with Crippen molar-refractivity contribution in [1.82, 2.24) is 9.80 Å². The molecule has 0 aromatic rings. The van der Waals surface area contributed by atoms with Crippen molar-refractivity contribution in [2.24, 2.45) is 23.7 Å². The maximum atomic E-state index is 12.5. The molecule has 21 heavy (non-hydrogen) atoms. The monoisotopic (exact) mass is 296 g/mol. The highest BCUT2D eigenvalue weighted by atomic mass is 16.4. The molecule has 0 spiro atoms. The van der Waals surface area contributed by atoms with Gasteiger partial charge in [0.1, 0.15) is 0 Å². The van der Waals surface area contributed by atoms with E-state index < -0.39 is 5.97 Å². The van der Waals surface area contributed by atoms with Gasteiger partial charge in [0.2, 0.25) is 0 Å². The van der Waals surface area contributed by atoms with Crippen molar-refractivity contribution in [2.75, 3.05) is 26.2 Å². The Balaban J connectivity index is 1.81. The van der Waals surface area contributed by atoms with Crippen LogP contribution in [0.4, 0.5) is 4.79 Å². The molecular weight excluding hydrogens is 268 g/mol. The summed E-state index contributed by atoms with van der Waals surface area (Å²) in [4.78, 5) is 27.2. The van der Waals surface area contributed by atoms with Crippen molar-refractivity contribution >= 4 is 12.0 Å². The van der Waals surface area contributed by atoms with Crippen molar-refractivity contribution in [3.8, 4) is 0 Å². The number of aliphatic carboxylic acids is 1. The third-order valence-corrected chi connectivity index (χ3v) is 5.26. The first kappa shape index (κ1) is 16.1. The maximum absolute atomic E-state index is 12.5. The number of rotatable bonds is 3. The number of nitrogens with zero attached hydrogens (tertiary/aromatic N) is 2. The zero-order valence-corrected chi connectivity index (χ0v) is 13.4. The summed E-state index contributed by atoms with van der Waals surface area (Å²) in [6, 6.07) is 0.105. The van der Waals surface area contributed by atoms with Gasteiger partial charge in [-0.1, -0.05) is 20.8 Å². The van der Waals surface area contributed by atoms with Gasteiger partial charge in [-0.25, -0.2) is 4.79 Å². The second-order valence-corrected chi connectivity index (χ2v) is 7.00. The Kier molecular flexibility index (Phi) is 5.12. The van der Waals surface area contributed by atoms with Gasteiger partial charge in [-0.3, -0.25) is 4.79 Å². The van der Waals surface area contributed by atoms with Crippen LogP contribution in [0.25, 0.3) is 0 Å². The molecule has 2 atom stereocenters. The first-order chi connectivity index (χ1) is 9.90. The van der Waals surface area contributed by atoms with Crippen molar-refractivity contribution in [2.45, 2.75) is 40.0 Å². The minimum Gasteiger partial charge on any atom is -0.481 e. The van der Waals surface area contributed by atoms with Crippen LogP contribution in [0.3, 0.4) is 0 Å². The second-order valence-electron chi connectivity index (χ2n) is 7.00. The van der Waals surface area contributed by atoms with Crippen LogP contribution in [0.1, 0.15) is 40.0 Å². The molecule has 2 heterocycles. The molecule has 0 aliphatic carbocycles. The van der Waals surface area contributed by atoms with Crippen LogP contribution in [0.15, 0.2) is 0 Å². The van der Waals surface area contributed by atoms with Crippen LogP contribution in [0.2, 0.25) is 0 Å². The third-order valence-electron chi connectivity index (χ3n) is 5.26. The average molecular weight is 296 g/mol. The lowest BCUT2D eigenvalue weighted by molar-refractivity contribution is -0.144. The molecular formula is C16H28N2O3. The summed E-state index contributed by atoms with van der Waals surface area (Å²) in [5.41, 5.74) is 0. The summed E-state index contributed by atoms with van der Waals surface area (Å²) in [6.07, 6.45) is 3.38. The van der Waals surface area contributed by atoms with Crippen molar-refractivity contribution < 1.29 is 14.7 Å². The van der Waals surface area contributed by atoms with Crippen LogP contribution in [0.5, 0.6) is 0 Å². The second kappa shape index (κ2) is 6.67. The summed E-state index contributed by atoms with van der Waals surface area (Å²) >= 11 is 0. The molecule has 2 aliphatic rings. The van der Waals surface area contributed by atoms with Crippen molar-refractivity contribution in [3.05, 3.63) is 0 Å². The molecule has 0 saturated carbocycles. The highest BCUT2D eigenvalue weighted by Gasteiger charge is 2.39. The van der Waals surface area contributed by atoms with Gasteiger partial charge in [0.25, 0.3) is 0 Å². The van der Waals surface area contributed by atoms with Crippen molar-refractivity contribution in [1.29, 1.82) is 0 Å². The van der Waals surface area contributed by atoms with Crippen molar-refractivity contribution in [3.63, 3.8) is 0 Å². The van der Waals surface area contributed by atoms with E-state index in [0.29, 0.717) is 19.0 Å². The molecule has 0 bridgehead atoms. The number of carbonyl (C=O) groups excluding carboxylic acids is 1. The Morgan fingerprint density at radius 1 is 1.00 bits per heavy atom. The van der Waals surface area contributed by atoms with Crippen LogP contribution < -0.4 is 0 Å². The Hall–Kier alpha value is -1.26. The largest absolute Gasteiger partial charge is 0.481 e. The summed E-state index contributed by atoms with van der Waals surface area (Å²) in [6.45, 7) is 9.13. The van der Waals surface area contributed by atoms with Crippen LogP contribution in [0, 0.1) is 23.7 Å². The average Bonchev–Trinajstić information content (AvgIpc) is 2.62. The third kappa shape index (κ3) is 3.69. The molecule has 0 aromatic carbocycles. The van der Waals surface area contributed by atoms with E-state index in [1.807, 2.05) is 4.90 Å². The molecule has 2 aliphatic heterocycles. The minimum atomic E-state index is -0.762. The predicted octanol–water partition coefficient (Wildman–Crippen LogP) is 2.52. The maximum Gasteiger partial charge on any atom is 0.320 e. The number of hydrogen-bond acceptors (Lipinski definition) is 2. The van der Waals surface area contributed by atoms with E-state index in [0.717, 1.165) is 31.8 Å². The molecule has 0 aromatic heterocycles. The quantitative estimate of drug-likeness (QED) is 0.870. The van der Waals surface area contributed by atoms with Gasteiger partial charge in [-0.15, -0.1) is 0 Å². The number of hydrogen-bond donors (Lipinski definition) is 1. The van der Waals surface area contributed by atoms with E-state index in [2.05, 4.69) is 13.8 Å². The molecule has 2 unspecified atom stereocenters. The van der Waals surface area contributed by atoms with Gasteiger partial charge >= 0.3 is 12.0 Å². The van der Waals surface area contributed by atoms with E-state index >= 15 is 0 Å². The lowest BCUT2D eigenvalue weighted by atomic mass is 9.87. The lowest BCUT2D eigenvalue weighted by Crippen LogP contribution is -2.57. The van der Waals surface area contributed by atoms with Crippen LogP contribution >= 0.6 is 0 Å². The van der Waals surface area contributed by atoms with E-state index in [1.165, 1.54) is 6.42 Å². The zero-order chi connectivity index (χ0) is 15.6. The summed E-state index contributed by atoms with van der Waals surface area (Å²) in [7, 11) is 0. The van der Waals surface area contributed by atoms with Crippen LogP contribution in [-0.2, 0) is 4.79 Å². The highest BCUT2D eigenvalue weighted by Crippen LogP contribution is 2.28. The van der Waals surface area contributed by atoms with Gasteiger partial charge in [0.15, 0.2) is 0 Å². The van der Waals surface area contributed by atoms with Gasteiger partial charge in [-0.05, 0) is 31.1 Å². The standard InChI is InChI=1S/C16H28N2O3/c1-11(2)13-5-4-7-17(8-6-13)16(21)18-9-14(10-18)12(3)15(19)20/h11-14H,4-10H2,1-3H3,(H,19,20). The number of urea groups is 1. The number of likely N-dealkylation sites (tertiary alicyclic amines) is 2. The van der Waals surface area contributed by atoms with E-state index in [-0.39, 0.29) is 17.9 Å². The smallest absolute Gasteiger partial charge is 0.320 e. The molecule has 2 rings (SSSR count). The number of carboxylic acid groups (broad SMARTS) is 1. The molecule has 2 amide bonds. The summed E-state index contributed by atoms with van der Waals surface area (Å²) in [5.74, 6) is 0.399. The Bertz CT molecular complexity index is 391. The highest BCUT2D eigenvalue weighted by molar-refractivity contribution is 5.76. The predicted molar refractivity (Wildman–Crippen MR) is 81.0 cm³/mol. The molecule has 5 nitrogen and oxygen atoms in total. The summed E-state index contributed by atoms with van der Waals surface area (Å²) in [5, 5.41) is 9.00. The fourth-order valence-corrected chi connectivity index (χ4v) is 3.37. The zero-order valence-electron chi connectivity index (χ0n) is 13.4. The van der Waals surface area contributed by atoms with Gasteiger partial charge in [0.05, 0.1) is 5.92 Å². The number of amides is 2. The molecule has 1 N–H and O–H groups in total. The fourth-order valence-electron chi connectivity index (χ4n) is 3.37. The fraction of sp³-hybridized carbons (Fsp3) is 0.875. The SMILES string of the molecule is CC(C)C1CCCN(C(=O)N2CC(C(C)C(=O)O)C2)CC1. The summed E-state index contributed by atoms with van der Waals surface area (Å²) < 4.78 is 0.